The molecule has 14 heteroatoms. The first-order chi connectivity index (χ1) is 16.5. The topological polar surface area (TPSA) is 229 Å². The molecule has 9 N–H and O–H groups in total. The number of aliphatic hydroxyl groups is 2. The van der Waals surface area contributed by atoms with Crippen LogP contribution in [0, 0.1) is 5.92 Å². The molecule has 14 nitrogen and oxygen atoms in total. The van der Waals surface area contributed by atoms with Crippen LogP contribution >= 0.6 is 0 Å². The summed E-state index contributed by atoms with van der Waals surface area (Å²) in [7, 11) is 0. The van der Waals surface area contributed by atoms with E-state index in [-0.39, 0.29) is 18.1 Å². The average molecular weight is 495 g/mol. The average Bonchev–Trinajstić information content (AvgIpc) is 2.80. The van der Waals surface area contributed by atoms with Crippen LogP contribution in [0.25, 0.3) is 0 Å². The maximum absolute atomic E-state index is 12.9. The summed E-state index contributed by atoms with van der Waals surface area (Å²) < 4.78 is 0. The van der Waals surface area contributed by atoms with Gasteiger partial charge < -0.3 is 42.5 Å². The first-order valence-corrected chi connectivity index (χ1v) is 10.9. The molecule has 5 atom stereocenters. The van der Waals surface area contributed by atoms with Crippen LogP contribution in [-0.4, -0.2) is 83.0 Å². The summed E-state index contributed by atoms with van der Waals surface area (Å²) in [4.78, 5) is 74.3. The number of rotatable bonds is 5. The fourth-order valence-electron chi connectivity index (χ4n) is 3.45. The van der Waals surface area contributed by atoms with E-state index >= 15 is 0 Å². The standard InChI is InChI=1S/C21H30N6O8/c1-10-18(32)26-14(7-16(22)30)21(35)27-15(9-28)19(33)23-8-17(31)25-13(20(34)24-10)6-11-2-4-12(29)5-3-11/h2,4-5,10-11,13-15,28-29H,3,6-9H2,1H3,(H2,22,30)(H,23,33)(H,24,34)(H,25,31)(H,26,32)(H,27,35). The highest BCUT2D eigenvalue weighted by molar-refractivity contribution is 5.98. The largest absolute Gasteiger partial charge is 0.508 e. The number of amides is 6. The molecule has 0 radical (unpaired) electrons. The summed E-state index contributed by atoms with van der Waals surface area (Å²) >= 11 is 0. The maximum Gasteiger partial charge on any atom is 0.245 e. The third-order valence-corrected chi connectivity index (χ3v) is 5.39. The number of primary amides is 1. The van der Waals surface area contributed by atoms with Crippen molar-refractivity contribution >= 4 is 35.4 Å². The molecular weight excluding hydrogens is 464 g/mol. The van der Waals surface area contributed by atoms with Gasteiger partial charge in [0.2, 0.25) is 35.4 Å². The molecule has 192 valence electrons. The number of hydrogen-bond acceptors (Lipinski definition) is 8. The zero-order valence-corrected chi connectivity index (χ0v) is 19.1. The molecule has 1 fully saturated rings. The van der Waals surface area contributed by atoms with Crippen molar-refractivity contribution in [3.8, 4) is 0 Å². The predicted octanol–water partition coefficient (Wildman–Crippen LogP) is -3.65. The van der Waals surface area contributed by atoms with Gasteiger partial charge in [-0.2, -0.15) is 0 Å². The third-order valence-electron chi connectivity index (χ3n) is 5.39. The number of carbonyl (C=O) groups excluding carboxylic acids is 6. The molecule has 2 aliphatic rings. The van der Waals surface area contributed by atoms with Gasteiger partial charge in [-0.15, -0.1) is 0 Å². The zero-order chi connectivity index (χ0) is 26.1. The Bertz CT molecular complexity index is 933. The summed E-state index contributed by atoms with van der Waals surface area (Å²) in [5.41, 5.74) is 5.16. The Labute approximate surface area is 200 Å². The second-order valence-electron chi connectivity index (χ2n) is 8.26. The van der Waals surface area contributed by atoms with Gasteiger partial charge in [-0.1, -0.05) is 6.08 Å². The Balaban J connectivity index is 2.28. The second-order valence-corrected chi connectivity index (χ2v) is 8.26. The highest BCUT2D eigenvalue weighted by Crippen LogP contribution is 2.20. The van der Waals surface area contributed by atoms with Crippen LogP contribution in [0.4, 0.5) is 0 Å². The van der Waals surface area contributed by atoms with Crippen molar-refractivity contribution in [1.82, 2.24) is 26.6 Å². The van der Waals surface area contributed by atoms with E-state index in [1.54, 1.807) is 12.2 Å². The monoisotopic (exact) mass is 494 g/mol. The maximum atomic E-state index is 12.9. The van der Waals surface area contributed by atoms with Gasteiger partial charge in [0, 0.05) is 0 Å². The second kappa shape index (κ2) is 12.5. The van der Waals surface area contributed by atoms with Crippen LogP contribution in [0.3, 0.4) is 0 Å². The van der Waals surface area contributed by atoms with Crippen LogP contribution in [0.15, 0.2) is 24.0 Å². The van der Waals surface area contributed by atoms with E-state index in [1.807, 2.05) is 0 Å². The van der Waals surface area contributed by atoms with Crippen LogP contribution in [0.5, 0.6) is 0 Å². The molecule has 5 unspecified atom stereocenters. The summed E-state index contributed by atoms with van der Waals surface area (Å²) in [6.07, 6.45) is 4.65. The van der Waals surface area contributed by atoms with Crippen molar-refractivity contribution < 1.29 is 39.0 Å². The molecule has 0 aromatic rings. The number of nitrogens with two attached hydrogens (primary N) is 1. The molecule has 6 amide bonds. The molecule has 35 heavy (non-hydrogen) atoms. The van der Waals surface area contributed by atoms with Crippen LogP contribution in [0.1, 0.15) is 26.2 Å². The quantitative estimate of drug-likeness (QED) is 0.189. The highest BCUT2D eigenvalue weighted by Gasteiger charge is 2.32. The molecule has 1 saturated heterocycles. The van der Waals surface area contributed by atoms with Gasteiger partial charge in [-0.25, -0.2) is 0 Å². The van der Waals surface area contributed by atoms with Crippen molar-refractivity contribution in [2.24, 2.45) is 11.7 Å². The smallest absolute Gasteiger partial charge is 0.245 e. The van der Waals surface area contributed by atoms with Crippen molar-refractivity contribution in [2.75, 3.05) is 13.2 Å². The van der Waals surface area contributed by atoms with Crippen molar-refractivity contribution in [1.29, 1.82) is 0 Å². The Kier molecular flexibility index (Phi) is 9.75. The number of allylic oxidation sites excluding steroid dienone is 3. The van der Waals surface area contributed by atoms with Crippen molar-refractivity contribution in [3.63, 3.8) is 0 Å². The van der Waals surface area contributed by atoms with Gasteiger partial charge in [0.05, 0.1) is 19.6 Å². The first kappa shape index (κ1) is 27.3. The Morgan fingerprint density at radius 1 is 0.971 bits per heavy atom. The van der Waals surface area contributed by atoms with Crippen LogP contribution in [-0.2, 0) is 28.8 Å². The van der Waals surface area contributed by atoms with Gasteiger partial charge in [0.15, 0.2) is 0 Å². The van der Waals surface area contributed by atoms with Gasteiger partial charge in [0.25, 0.3) is 0 Å². The number of hydrogen-bond donors (Lipinski definition) is 8. The molecule has 0 aromatic carbocycles. The Morgan fingerprint density at radius 2 is 1.63 bits per heavy atom. The van der Waals surface area contributed by atoms with E-state index in [1.165, 1.54) is 13.0 Å². The molecule has 0 aromatic heterocycles. The van der Waals surface area contributed by atoms with E-state index < -0.39 is 79.2 Å². The number of nitrogens with one attached hydrogen (secondary N) is 5. The lowest BCUT2D eigenvalue weighted by Gasteiger charge is -2.25. The SMILES string of the molecule is CC1NC(=O)C(CC2C=CC(O)=CC2)NC(=O)CNC(=O)C(CO)NC(=O)C(CC(N)=O)NC1=O. The predicted molar refractivity (Wildman–Crippen MR) is 120 cm³/mol. The minimum atomic E-state index is -1.48. The number of carbonyl (C=O) groups is 6. The van der Waals surface area contributed by atoms with Gasteiger partial charge in [0.1, 0.15) is 29.9 Å². The summed E-state index contributed by atoms with van der Waals surface area (Å²) in [6, 6.07) is -5.23. The molecule has 0 spiro atoms. The van der Waals surface area contributed by atoms with Gasteiger partial charge >= 0.3 is 0 Å². The molecule has 0 saturated carbocycles. The van der Waals surface area contributed by atoms with Crippen LogP contribution in [0.2, 0.25) is 0 Å². The molecule has 2 rings (SSSR count). The molecule has 1 heterocycles. The van der Waals surface area contributed by atoms with E-state index in [0.29, 0.717) is 6.42 Å². The minimum absolute atomic E-state index is 0.0805. The lowest BCUT2D eigenvalue weighted by atomic mass is 9.92. The molecule has 1 aliphatic carbocycles. The lowest BCUT2D eigenvalue weighted by Crippen LogP contribution is -2.58. The van der Waals surface area contributed by atoms with Gasteiger partial charge in [-0.3, -0.25) is 28.8 Å². The number of aliphatic hydroxyl groups excluding tert-OH is 2. The van der Waals surface area contributed by atoms with E-state index in [0.717, 1.165) is 0 Å². The van der Waals surface area contributed by atoms with Crippen molar-refractivity contribution in [2.45, 2.75) is 50.4 Å². The van der Waals surface area contributed by atoms with Crippen molar-refractivity contribution in [3.05, 3.63) is 24.0 Å². The minimum Gasteiger partial charge on any atom is -0.508 e. The van der Waals surface area contributed by atoms with E-state index in [4.69, 9.17) is 5.73 Å². The van der Waals surface area contributed by atoms with Crippen LogP contribution < -0.4 is 32.3 Å². The van der Waals surface area contributed by atoms with Gasteiger partial charge in [-0.05, 0) is 37.8 Å². The van der Waals surface area contributed by atoms with E-state index in [2.05, 4.69) is 26.6 Å². The fourth-order valence-corrected chi connectivity index (χ4v) is 3.45. The third kappa shape index (κ3) is 8.41. The normalized spacial score (nSPS) is 28.8. The Hall–Kier alpha value is -3.94. The summed E-state index contributed by atoms with van der Waals surface area (Å²) in [5, 5.41) is 30.7. The zero-order valence-electron chi connectivity index (χ0n) is 19.1. The highest BCUT2D eigenvalue weighted by atomic mass is 16.3. The molecule has 0 bridgehead atoms. The Morgan fingerprint density at radius 3 is 2.23 bits per heavy atom. The fraction of sp³-hybridized carbons (Fsp3) is 0.524. The summed E-state index contributed by atoms with van der Waals surface area (Å²) in [5.74, 6) is -5.16. The lowest BCUT2D eigenvalue weighted by molar-refractivity contribution is -0.135. The molecule has 1 aliphatic heterocycles. The first-order valence-electron chi connectivity index (χ1n) is 10.9. The molecular formula is C21H30N6O8. The summed E-state index contributed by atoms with van der Waals surface area (Å²) in [6.45, 7) is -0.0518. The van der Waals surface area contributed by atoms with E-state index in [9.17, 15) is 39.0 Å².